The molecule has 1 N–H and O–H groups in total. The van der Waals surface area contributed by atoms with Crippen molar-refractivity contribution in [1.29, 1.82) is 0 Å². The molecule has 1 aromatic heterocycles. The van der Waals surface area contributed by atoms with Gasteiger partial charge in [0.1, 0.15) is 0 Å². The number of aromatic amines is 1. The molecule has 0 radical (unpaired) electrons. The molecule has 5 nitrogen and oxygen atoms in total. The summed E-state index contributed by atoms with van der Waals surface area (Å²) < 4.78 is 18.4. The van der Waals surface area contributed by atoms with E-state index in [4.69, 9.17) is 14.2 Å². The van der Waals surface area contributed by atoms with Gasteiger partial charge in [0.15, 0.2) is 0 Å². The number of ether oxygens (including phenoxy) is 3. The van der Waals surface area contributed by atoms with E-state index in [1.165, 1.54) is 3.78 Å². The summed E-state index contributed by atoms with van der Waals surface area (Å²) in [6.07, 6.45) is 0.929. The number of nitrogens with one attached hydrogen (secondary N) is 1. The molecule has 0 bridgehead atoms. The van der Waals surface area contributed by atoms with Gasteiger partial charge in [-0.3, -0.25) is 0 Å². The Balaban J connectivity index is 1.94. The molecule has 0 atom stereocenters. The van der Waals surface area contributed by atoms with Crippen LogP contribution in [0.5, 0.6) is 17.2 Å². The maximum absolute atomic E-state index is 12.3. The van der Waals surface area contributed by atoms with E-state index in [1.54, 1.807) is 6.07 Å². The molecular formula is C21H22AuNO4. The summed E-state index contributed by atoms with van der Waals surface area (Å²) in [7, 11) is 0. The fourth-order valence-electron chi connectivity index (χ4n) is 3.09. The molecule has 0 spiro atoms. The molecule has 0 aliphatic carbocycles. The average Bonchev–Trinajstić information content (AvgIpc) is 3.11. The number of benzene rings is 2. The molecule has 2 aromatic carbocycles. The van der Waals surface area contributed by atoms with Crippen molar-refractivity contribution in [3.8, 4) is 28.4 Å². The maximum atomic E-state index is 12.3. The first-order valence-electron chi connectivity index (χ1n) is 8.61. The Kier molecular flexibility index (Phi) is 5.00. The molecule has 1 aliphatic heterocycles. The zero-order chi connectivity index (χ0) is 19.0. The van der Waals surface area contributed by atoms with E-state index in [0.717, 1.165) is 34.2 Å². The number of rotatable bonds is 5. The van der Waals surface area contributed by atoms with Gasteiger partial charge in [0.05, 0.1) is 0 Å². The van der Waals surface area contributed by atoms with E-state index < -0.39 is 18.4 Å². The van der Waals surface area contributed by atoms with Crippen molar-refractivity contribution in [3.63, 3.8) is 0 Å². The third kappa shape index (κ3) is 3.50. The summed E-state index contributed by atoms with van der Waals surface area (Å²) >= 11 is -1.05. The molecule has 0 unspecified atom stereocenters. The topological polar surface area (TPSA) is 60.6 Å². The van der Waals surface area contributed by atoms with Crippen LogP contribution in [0.25, 0.3) is 22.0 Å². The van der Waals surface area contributed by atoms with E-state index in [9.17, 15) is 4.79 Å². The Bertz CT molecular complexity index is 1060. The van der Waals surface area contributed by atoms with Crippen LogP contribution in [0.15, 0.2) is 41.2 Å². The predicted molar refractivity (Wildman–Crippen MR) is 103 cm³/mol. The Hall–Kier alpha value is -2.21. The number of hydrogen-bond acceptors (Lipinski definition) is 4. The third-order valence-electron chi connectivity index (χ3n) is 4.36. The van der Waals surface area contributed by atoms with Crippen molar-refractivity contribution >= 4 is 14.7 Å². The van der Waals surface area contributed by atoms with Crippen molar-refractivity contribution in [1.82, 2.24) is 4.98 Å². The fraction of sp³-hybridized carbons (Fsp3) is 0.286. The van der Waals surface area contributed by atoms with E-state index in [2.05, 4.69) is 40.4 Å². The van der Waals surface area contributed by atoms with Crippen LogP contribution < -0.4 is 23.6 Å². The Labute approximate surface area is 164 Å². The molecule has 4 rings (SSSR count). The van der Waals surface area contributed by atoms with E-state index >= 15 is 0 Å². The number of hydrogen-bond donors (Lipinski definition) is 1. The molecule has 6 heteroatoms. The van der Waals surface area contributed by atoms with Crippen molar-refractivity contribution in [2.24, 2.45) is 0 Å². The van der Waals surface area contributed by atoms with E-state index in [0.29, 0.717) is 18.1 Å². The monoisotopic (exact) mass is 549 g/mol. The molecular weight excluding hydrogens is 527 g/mol. The molecule has 1 aliphatic rings. The van der Waals surface area contributed by atoms with Crippen molar-refractivity contribution < 1.29 is 32.7 Å². The molecule has 27 heavy (non-hydrogen) atoms. The van der Waals surface area contributed by atoms with Crippen LogP contribution in [0, 0.1) is 0 Å². The molecule has 3 aromatic rings. The van der Waals surface area contributed by atoms with Crippen LogP contribution in [0.1, 0.15) is 13.3 Å². The van der Waals surface area contributed by atoms with Crippen LogP contribution >= 0.6 is 0 Å². The first-order valence-corrected chi connectivity index (χ1v) is 14.0. The predicted octanol–water partition coefficient (Wildman–Crippen LogP) is 4.05. The number of fused-ring (bicyclic) bond motifs is 2. The van der Waals surface area contributed by atoms with Gasteiger partial charge < -0.3 is 0 Å². The van der Waals surface area contributed by atoms with Gasteiger partial charge in [-0.25, -0.2) is 0 Å². The van der Waals surface area contributed by atoms with Crippen LogP contribution in [0.3, 0.4) is 0 Å². The Morgan fingerprint density at radius 3 is 2.59 bits per heavy atom. The summed E-state index contributed by atoms with van der Waals surface area (Å²) in [5.74, 6) is 2.18. The molecule has 0 fully saturated rings. The Morgan fingerprint density at radius 1 is 1.07 bits per heavy atom. The van der Waals surface area contributed by atoms with Crippen LogP contribution in [-0.2, 0) is 18.4 Å². The second-order valence-corrected chi connectivity index (χ2v) is 11.9. The van der Waals surface area contributed by atoms with E-state index in [-0.39, 0.29) is 12.4 Å². The molecule has 0 amide bonds. The zero-order valence-electron chi connectivity index (χ0n) is 15.5. The number of aromatic nitrogens is 1. The normalized spacial score (nSPS) is 13.1. The Morgan fingerprint density at radius 2 is 1.85 bits per heavy atom. The molecule has 146 valence electrons. The van der Waals surface area contributed by atoms with Gasteiger partial charge in [-0.05, 0) is 0 Å². The summed E-state index contributed by atoms with van der Waals surface area (Å²) in [4.78, 5) is 15.2. The fourth-order valence-corrected chi connectivity index (χ4v) is 4.90. The first kappa shape index (κ1) is 18.2. The van der Waals surface area contributed by atoms with Gasteiger partial charge in [0.2, 0.25) is 0 Å². The summed E-state index contributed by atoms with van der Waals surface area (Å²) in [6, 6.07) is 11.8. The van der Waals surface area contributed by atoms with Gasteiger partial charge in [0.25, 0.3) is 0 Å². The van der Waals surface area contributed by atoms with Gasteiger partial charge >= 0.3 is 164 Å². The summed E-state index contributed by atoms with van der Waals surface area (Å²) in [5, 5.41) is 5.52. The van der Waals surface area contributed by atoms with Gasteiger partial charge in [0, 0.05) is 0 Å². The SMILES string of the molecule is CCCOc1c[c]([Au]([CH3])[CH3])ccc1-c1cc(=O)[nH]c2cc3c(cc12)OCO3. The minimum absolute atomic E-state index is 0.152. The molecule has 0 saturated heterocycles. The minimum atomic E-state index is -1.05. The first-order chi connectivity index (χ1) is 13.1. The van der Waals surface area contributed by atoms with Gasteiger partial charge in [-0.15, -0.1) is 0 Å². The van der Waals surface area contributed by atoms with Crippen molar-refractivity contribution in [3.05, 3.63) is 46.8 Å². The summed E-state index contributed by atoms with van der Waals surface area (Å²) in [6.45, 7) is 2.93. The van der Waals surface area contributed by atoms with Crippen molar-refractivity contribution in [2.45, 2.75) is 23.6 Å². The molecule has 0 saturated carbocycles. The summed E-state index contributed by atoms with van der Waals surface area (Å²) in [5.41, 5.74) is 2.35. The third-order valence-corrected chi connectivity index (χ3v) is 7.53. The van der Waals surface area contributed by atoms with Crippen LogP contribution in [0.4, 0.5) is 0 Å². The average molecular weight is 549 g/mol. The standard InChI is InChI=1S/C19H16NO4.2CH3.Au/c1-2-7-22-16-6-4-3-5-12(16)13-9-19(21)20-15-10-18-17(8-14(13)15)23-11-24-18;;;/h3,5-6,8-10H,2,7,11H2,1H3,(H,20,21);2*1H3;. The van der Waals surface area contributed by atoms with Gasteiger partial charge in [-0.1, -0.05) is 0 Å². The second kappa shape index (κ2) is 7.43. The second-order valence-electron chi connectivity index (χ2n) is 6.35. The van der Waals surface area contributed by atoms with Crippen LogP contribution in [0.2, 0.25) is 10.3 Å². The number of pyridine rings is 1. The number of H-pyrrole nitrogens is 1. The van der Waals surface area contributed by atoms with E-state index in [1.807, 2.05) is 12.1 Å². The van der Waals surface area contributed by atoms with Crippen molar-refractivity contribution in [2.75, 3.05) is 13.4 Å². The zero-order valence-corrected chi connectivity index (χ0v) is 17.7. The van der Waals surface area contributed by atoms with Gasteiger partial charge in [-0.2, -0.15) is 0 Å². The molecule has 2 heterocycles. The quantitative estimate of drug-likeness (QED) is 0.488. The van der Waals surface area contributed by atoms with Crippen LogP contribution in [-0.4, -0.2) is 18.4 Å².